The van der Waals surface area contributed by atoms with Crippen LogP contribution in [0.1, 0.15) is 5.56 Å². The molecule has 0 aliphatic carbocycles. The van der Waals surface area contributed by atoms with Crippen LogP contribution in [-0.2, 0) is 6.54 Å². The van der Waals surface area contributed by atoms with Crippen molar-refractivity contribution in [2.45, 2.75) is 6.54 Å². The molecule has 1 N–H and O–H groups in total. The van der Waals surface area contributed by atoms with E-state index in [2.05, 4.69) is 0 Å². The fourth-order valence-corrected chi connectivity index (χ4v) is 1.78. The first-order valence-electron chi connectivity index (χ1n) is 5.38. The normalized spacial score (nSPS) is 16.3. The summed E-state index contributed by atoms with van der Waals surface area (Å²) in [6.45, 7) is 0.595. The summed E-state index contributed by atoms with van der Waals surface area (Å²) in [7, 11) is 0. The Morgan fingerprint density at radius 1 is 1.28 bits per heavy atom. The predicted octanol–water partition coefficient (Wildman–Crippen LogP) is 3.24. The van der Waals surface area contributed by atoms with Crippen molar-refractivity contribution in [3.63, 3.8) is 0 Å². The smallest absolute Gasteiger partial charge is 0.305 e. The molecule has 0 bridgehead atoms. The molecule has 1 heterocycles. The maximum absolute atomic E-state index is 10.6. The van der Waals surface area contributed by atoms with E-state index in [1.807, 2.05) is 41.4 Å². The Bertz CT molecular complexity index is 532. The molecular weight excluding hydrogens is 252 g/mol. The zero-order chi connectivity index (χ0) is 13.0. The molecule has 0 fully saturated rings. The highest BCUT2D eigenvalue weighted by atomic mass is 35.5. The Balaban J connectivity index is 2.16. The van der Waals surface area contributed by atoms with Gasteiger partial charge in [-0.3, -0.25) is 0 Å². The highest BCUT2D eigenvalue weighted by Gasteiger charge is 2.13. The second-order valence-electron chi connectivity index (χ2n) is 3.81. The van der Waals surface area contributed by atoms with Crippen LogP contribution >= 0.6 is 11.6 Å². The third-order valence-electron chi connectivity index (χ3n) is 2.48. The van der Waals surface area contributed by atoms with Crippen LogP contribution in [0.25, 0.3) is 0 Å². The summed E-state index contributed by atoms with van der Waals surface area (Å²) >= 11 is 5.82. The Morgan fingerprint density at radius 2 is 2.00 bits per heavy atom. The maximum Gasteiger partial charge on any atom is 0.305 e. The third kappa shape index (κ3) is 3.21. The Labute approximate surface area is 110 Å². The van der Waals surface area contributed by atoms with Gasteiger partial charge in [0, 0.05) is 17.8 Å². The first-order valence-corrected chi connectivity index (χ1v) is 5.76. The zero-order valence-electron chi connectivity index (χ0n) is 9.53. The summed E-state index contributed by atoms with van der Waals surface area (Å²) in [6.07, 6.45) is 8.35. The predicted molar refractivity (Wildman–Crippen MR) is 68.8 cm³/mol. The van der Waals surface area contributed by atoms with Gasteiger partial charge in [-0.2, -0.15) is 0 Å². The van der Waals surface area contributed by atoms with Gasteiger partial charge in [-0.05, 0) is 29.8 Å². The summed E-state index contributed by atoms with van der Waals surface area (Å²) in [6, 6.07) is 7.46. The molecular formula is C13H12ClN2O2+. The average molecular weight is 264 g/mol. The van der Waals surface area contributed by atoms with Crippen LogP contribution in [0.5, 0.6) is 0 Å². The van der Waals surface area contributed by atoms with Crippen molar-refractivity contribution >= 4 is 11.6 Å². The molecule has 0 radical (unpaired) electrons. The lowest BCUT2D eigenvalue weighted by molar-refractivity contribution is -0.742. The van der Waals surface area contributed by atoms with Crippen molar-refractivity contribution in [3.8, 4) is 0 Å². The largest absolute Gasteiger partial charge is 0.338 e. The fourth-order valence-electron chi connectivity index (χ4n) is 1.65. The molecule has 5 heteroatoms. The van der Waals surface area contributed by atoms with Crippen molar-refractivity contribution in [1.29, 1.82) is 0 Å². The van der Waals surface area contributed by atoms with E-state index in [0.717, 1.165) is 11.8 Å². The standard InChI is InChI=1S/C13H12ClN2O2/c14-12-6-4-11(5-7-12)9-15-8-2-1-3-13(15)10-16(17)18/h1-8,10H,9H2,(H,17,18)/q+1. The average Bonchev–Trinajstić information content (AvgIpc) is 2.34. The van der Waals surface area contributed by atoms with Gasteiger partial charge in [-0.15, -0.1) is 0 Å². The molecule has 0 atom stereocenters. The number of allylic oxidation sites excluding steroid dienone is 3. The lowest BCUT2D eigenvalue weighted by Gasteiger charge is -2.21. The van der Waals surface area contributed by atoms with Gasteiger partial charge in [0.25, 0.3) is 4.92 Å². The van der Waals surface area contributed by atoms with Crippen LogP contribution < -0.4 is 0 Å². The van der Waals surface area contributed by atoms with E-state index in [0.29, 0.717) is 17.3 Å². The molecule has 0 amide bonds. The minimum Gasteiger partial charge on any atom is -0.338 e. The molecule has 2 rings (SSSR count). The topological polar surface area (TPSA) is 43.6 Å². The van der Waals surface area contributed by atoms with E-state index in [-0.39, 0.29) is 4.92 Å². The second-order valence-corrected chi connectivity index (χ2v) is 4.25. The van der Waals surface area contributed by atoms with E-state index >= 15 is 0 Å². The lowest BCUT2D eigenvalue weighted by Crippen LogP contribution is -2.17. The first kappa shape index (κ1) is 12.4. The summed E-state index contributed by atoms with van der Waals surface area (Å²) in [5.74, 6) is 0. The lowest BCUT2D eigenvalue weighted by atomic mass is 10.2. The van der Waals surface area contributed by atoms with Gasteiger partial charge in [0.2, 0.25) is 0 Å². The summed E-state index contributed by atoms with van der Waals surface area (Å²) < 4.78 is 0. The number of nitrogens with zero attached hydrogens (tertiary/aromatic N) is 2. The van der Waals surface area contributed by atoms with Gasteiger partial charge in [0.05, 0.1) is 4.91 Å². The van der Waals surface area contributed by atoms with E-state index in [9.17, 15) is 4.91 Å². The fraction of sp³-hybridized carbons (Fsp3) is 0.0769. The molecule has 1 aromatic carbocycles. The zero-order valence-corrected chi connectivity index (χ0v) is 10.3. The molecule has 0 unspecified atom stereocenters. The van der Waals surface area contributed by atoms with Crippen molar-refractivity contribution in [2.24, 2.45) is 0 Å². The maximum atomic E-state index is 10.6. The molecule has 4 nitrogen and oxygen atoms in total. The van der Waals surface area contributed by atoms with Crippen molar-refractivity contribution in [2.75, 3.05) is 0 Å². The summed E-state index contributed by atoms with van der Waals surface area (Å²) in [4.78, 5) is 12.3. The van der Waals surface area contributed by atoms with Crippen molar-refractivity contribution in [1.82, 2.24) is 4.90 Å². The highest BCUT2D eigenvalue weighted by Crippen LogP contribution is 2.18. The second kappa shape index (κ2) is 5.51. The van der Waals surface area contributed by atoms with Gasteiger partial charge >= 0.3 is 6.20 Å². The molecule has 0 aromatic heterocycles. The van der Waals surface area contributed by atoms with Crippen LogP contribution in [0.3, 0.4) is 0 Å². The minimum atomic E-state index is -0.201. The van der Waals surface area contributed by atoms with Gasteiger partial charge in [-0.1, -0.05) is 29.8 Å². The van der Waals surface area contributed by atoms with E-state index in [4.69, 9.17) is 16.8 Å². The van der Waals surface area contributed by atoms with Crippen LogP contribution in [0.15, 0.2) is 60.6 Å². The molecule has 0 spiro atoms. The molecule has 1 aromatic rings. The van der Waals surface area contributed by atoms with E-state index < -0.39 is 0 Å². The minimum absolute atomic E-state index is 0.201. The number of benzene rings is 1. The molecule has 0 saturated heterocycles. The van der Waals surface area contributed by atoms with Crippen LogP contribution in [-0.4, -0.2) is 15.0 Å². The first-order chi connectivity index (χ1) is 8.65. The Morgan fingerprint density at radius 3 is 2.67 bits per heavy atom. The monoisotopic (exact) mass is 263 g/mol. The number of rotatable bonds is 3. The molecule has 18 heavy (non-hydrogen) atoms. The van der Waals surface area contributed by atoms with Gasteiger partial charge in [0.1, 0.15) is 5.70 Å². The van der Waals surface area contributed by atoms with Crippen molar-refractivity contribution in [3.05, 3.63) is 76.1 Å². The summed E-state index contributed by atoms with van der Waals surface area (Å²) in [5.41, 5.74) is 1.67. The molecule has 1 aliphatic heterocycles. The van der Waals surface area contributed by atoms with E-state index in [1.54, 1.807) is 12.2 Å². The van der Waals surface area contributed by atoms with Gasteiger partial charge in [-0.25, -0.2) is 5.21 Å². The SMILES string of the molecule is O=[N+](O)C=C1C=CC=CN1Cc1ccc(Cl)cc1. The highest BCUT2D eigenvalue weighted by molar-refractivity contribution is 6.30. The number of hydrogen-bond donors (Lipinski definition) is 1. The Kier molecular flexibility index (Phi) is 3.79. The molecule has 92 valence electrons. The van der Waals surface area contributed by atoms with Gasteiger partial charge < -0.3 is 4.90 Å². The van der Waals surface area contributed by atoms with Crippen molar-refractivity contribution < 1.29 is 10.1 Å². The molecule has 0 saturated carbocycles. The quantitative estimate of drug-likeness (QED) is 0.852. The summed E-state index contributed by atoms with van der Waals surface area (Å²) in [5, 5.41) is 9.41. The number of hydrogen-bond acceptors (Lipinski definition) is 2. The van der Waals surface area contributed by atoms with Crippen LogP contribution in [0.4, 0.5) is 0 Å². The van der Waals surface area contributed by atoms with Crippen LogP contribution in [0.2, 0.25) is 5.02 Å². The Hall–Kier alpha value is -2.07. The van der Waals surface area contributed by atoms with Crippen LogP contribution in [0, 0.1) is 4.91 Å². The van der Waals surface area contributed by atoms with E-state index in [1.165, 1.54) is 0 Å². The molecule has 1 aliphatic rings. The third-order valence-corrected chi connectivity index (χ3v) is 2.74. The van der Waals surface area contributed by atoms with Gasteiger partial charge in [0.15, 0.2) is 0 Å². The number of halogens is 1.